The maximum absolute atomic E-state index is 12.9. The summed E-state index contributed by atoms with van der Waals surface area (Å²) in [6.45, 7) is 0.243. The van der Waals surface area contributed by atoms with E-state index in [4.69, 9.17) is 5.11 Å². The van der Waals surface area contributed by atoms with Crippen LogP contribution in [0, 0.1) is 11.8 Å². The molecule has 2 rings (SSSR count). The number of likely N-dealkylation sites (tertiary alicyclic amines) is 1. The Morgan fingerprint density at radius 3 is 2.48 bits per heavy atom. The topological polar surface area (TPSA) is 127 Å². The molecule has 0 aromatic carbocycles. The van der Waals surface area contributed by atoms with Crippen molar-refractivity contribution in [2.24, 2.45) is 11.8 Å². The molecular formula is C16H25N3O6. The van der Waals surface area contributed by atoms with Crippen LogP contribution in [-0.2, 0) is 14.4 Å². The van der Waals surface area contributed by atoms with Crippen LogP contribution in [0.1, 0.15) is 44.9 Å². The number of carbonyl (C=O) groups excluding carboxylic acids is 3. The van der Waals surface area contributed by atoms with Gasteiger partial charge >= 0.3 is 6.09 Å². The third-order valence-corrected chi connectivity index (χ3v) is 5.04. The second-order valence-electron chi connectivity index (χ2n) is 6.79. The van der Waals surface area contributed by atoms with Crippen LogP contribution >= 0.6 is 0 Å². The lowest BCUT2D eigenvalue weighted by molar-refractivity contribution is -0.158. The van der Waals surface area contributed by atoms with Gasteiger partial charge in [0.2, 0.25) is 12.3 Å². The van der Waals surface area contributed by atoms with Crippen LogP contribution < -0.4 is 5.32 Å². The summed E-state index contributed by atoms with van der Waals surface area (Å²) in [5, 5.41) is 20.5. The van der Waals surface area contributed by atoms with Gasteiger partial charge in [0.15, 0.2) is 0 Å². The predicted molar refractivity (Wildman–Crippen MR) is 85.5 cm³/mol. The Morgan fingerprint density at radius 2 is 1.88 bits per heavy atom. The molecule has 1 aliphatic carbocycles. The first-order valence-electron chi connectivity index (χ1n) is 8.67. The minimum absolute atomic E-state index is 0.122. The molecular weight excluding hydrogens is 330 g/mol. The molecule has 0 unspecified atom stereocenters. The maximum atomic E-state index is 12.9. The van der Waals surface area contributed by atoms with E-state index >= 15 is 0 Å². The van der Waals surface area contributed by atoms with Crippen molar-refractivity contribution in [2.45, 2.75) is 51.0 Å². The smallest absolute Gasteiger partial charge is 0.411 e. The molecule has 0 bridgehead atoms. The van der Waals surface area contributed by atoms with Crippen LogP contribution in [-0.4, -0.2) is 63.7 Å². The molecule has 3 N–H and O–H groups in total. The van der Waals surface area contributed by atoms with Gasteiger partial charge in [-0.1, -0.05) is 25.7 Å². The second kappa shape index (κ2) is 8.80. The van der Waals surface area contributed by atoms with Crippen LogP contribution in [0.2, 0.25) is 0 Å². The van der Waals surface area contributed by atoms with Gasteiger partial charge in [-0.15, -0.1) is 0 Å². The number of hydrogen-bond donors (Lipinski definition) is 3. The molecule has 9 heteroatoms. The standard InChI is InChI=1S/C16H25N3O6/c20-10-18(25)9-12(8-11-4-1-2-5-11)15(22)19-7-3-6-13(19)14(21)17-16(23)24/h10-13,25H,1-9H2,(H,17,21)(H,23,24)/t12-,13-/m1/s1. The molecule has 1 aliphatic heterocycles. The highest BCUT2D eigenvalue weighted by atomic mass is 16.5. The normalized spacial score (nSPS) is 21.8. The lowest BCUT2D eigenvalue weighted by atomic mass is 9.91. The Labute approximate surface area is 145 Å². The van der Waals surface area contributed by atoms with Gasteiger partial charge in [0.25, 0.3) is 5.91 Å². The molecule has 1 saturated heterocycles. The third-order valence-electron chi connectivity index (χ3n) is 5.04. The summed E-state index contributed by atoms with van der Waals surface area (Å²) in [5.41, 5.74) is 0. The lowest BCUT2D eigenvalue weighted by Crippen LogP contribution is -2.50. The Morgan fingerprint density at radius 1 is 1.20 bits per heavy atom. The van der Waals surface area contributed by atoms with E-state index in [0.717, 1.165) is 25.7 Å². The lowest BCUT2D eigenvalue weighted by Gasteiger charge is -2.30. The van der Waals surface area contributed by atoms with Crippen LogP contribution in [0.5, 0.6) is 0 Å². The molecule has 1 heterocycles. The number of carboxylic acid groups (broad SMARTS) is 1. The number of nitrogens with one attached hydrogen (secondary N) is 1. The van der Waals surface area contributed by atoms with Crippen LogP contribution in [0.25, 0.3) is 0 Å². The summed E-state index contributed by atoms with van der Waals surface area (Å²) in [6, 6.07) is -0.821. The summed E-state index contributed by atoms with van der Waals surface area (Å²) in [5.74, 6) is -1.26. The molecule has 2 fully saturated rings. The molecule has 0 aromatic heterocycles. The summed E-state index contributed by atoms with van der Waals surface area (Å²) in [4.78, 5) is 47.7. The van der Waals surface area contributed by atoms with E-state index in [-0.39, 0.29) is 18.9 Å². The SMILES string of the molecule is O=CN(O)C[C@@H](CC1CCCC1)C(=O)N1CCC[C@@H]1C(=O)NC(=O)O. The van der Waals surface area contributed by atoms with E-state index in [1.165, 1.54) is 4.90 Å². The molecule has 1 saturated carbocycles. The average Bonchev–Trinajstić information content (AvgIpc) is 3.24. The fraction of sp³-hybridized carbons (Fsp3) is 0.750. The summed E-state index contributed by atoms with van der Waals surface area (Å²) < 4.78 is 0. The van der Waals surface area contributed by atoms with Crippen molar-refractivity contribution in [3.63, 3.8) is 0 Å². The van der Waals surface area contributed by atoms with Gasteiger partial charge in [0.05, 0.1) is 12.5 Å². The average molecular weight is 355 g/mol. The number of amides is 4. The van der Waals surface area contributed by atoms with Gasteiger partial charge < -0.3 is 10.0 Å². The van der Waals surface area contributed by atoms with E-state index in [2.05, 4.69) is 0 Å². The first-order valence-corrected chi connectivity index (χ1v) is 8.67. The molecule has 9 nitrogen and oxygen atoms in total. The second-order valence-corrected chi connectivity index (χ2v) is 6.79. The first-order chi connectivity index (χ1) is 11.9. The van der Waals surface area contributed by atoms with Crippen LogP contribution in [0.4, 0.5) is 4.79 Å². The van der Waals surface area contributed by atoms with E-state index in [1.54, 1.807) is 5.32 Å². The number of nitrogens with zero attached hydrogens (tertiary/aromatic N) is 2. The van der Waals surface area contributed by atoms with Crippen molar-refractivity contribution < 1.29 is 29.5 Å². The van der Waals surface area contributed by atoms with Crippen molar-refractivity contribution in [1.82, 2.24) is 15.3 Å². The molecule has 0 aromatic rings. The summed E-state index contributed by atoms with van der Waals surface area (Å²) in [7, 11) is 0. The summed E-state index contributed by atoms with van der Waals surface area (Å²) >= 11 is 0. The number of hydrogen-bond acceptors (Lipinski definition) is 5. The molecule has 2 atom stereocenters. The minimum Gasteiger partial charge on any atom is -0.465 e. The highest BCUT2D eigenvalue weighted by Gasteiger charge is 2.39. The fourth-order valence-corrected chi connectivity index (χ4v) is 3.90. The van der Waals surface area contributed by atoms with Crippen molar-refractivity contribution >= 4 is 24.3 Å². The summed E-state index contributed by atoms with van der Waals surface area (Å²) in [6.07, 6.45) is 4.60. The van der Waals surface area contributed by atoms with Crippen LogP contribution in [0.3, 0.4) is 0 Å². The van der Waals surface area contributed by atoms with Gasteiger partial charge in [0, 0.05) is 6.54 Å². The number of rotatable bonds is 7. The molecule has 0 spiro atoms. The Balaban J connectivity index is 2.08. The maximum Gasteiger partial charge on any atom is 0.411 e. The van der Waals surface area contributed by atoms with Gasteiger partial charge in [-0.25, -0.2) is 9.86 Å². The molecule has 140 valence electrons. The van der Waals surface area contributed by atoms with Crippen LogP contribution in [0.15, 0.2) is 0 Å². The van der Waals surface area contributed by atoms with E-state index < -0.39 is 24.0 Å². The quantitative estimate of drug-likeness (QED) is 0.352. The van der Waals surface area contributed by atoms with E-state index in [1.807, 2.05) is 0 Å². The molecule has 0 radical (unpaired) electrons. The highest BCUT2D eigenvalue weighted by Crippen LogP contribution is 2.32. The first kappa shape index (κ1) is 19.2. The van der Waals surface area contributed by atoms with E-state index in [0.29, 0.717) is 36.8 Å². The zero-order valence-corrected chi connectivity index (χ0v) is 14.1. The number of hydroxylamine groups is 2. The Bertz CT molecular complexity index is 520. The zero-order chi connectivity index (χ0) is 18.4. The monoisotopic (exact) mass is 355 g/mol. The van der Waals surface area contributed by atoms with Gasteiger partial charge in [0.1, 0.15) is 6.04 Å². The molecule has 25 heavy (non-hydrogen) atoms. The highest BCUT2D eigenvalue weighted by molar-refractivity contribution is 5.96. The largest absolute Gasteiger partial charge is 0.465 e. The third kappa shape index (κ3) is 5.15. The van der Waals surface area contributed by atoms with Crippen molar-refractivity contribution in [3.8, 4) is 0 Å². The van der Waals surface area contributed by atoms with Crippen molar-refractivity contribution in [1.29, 1.82) is 0 Å². The van der Waals surface area contributed by atoms with Gasteiger partial charge in [-0.3, -0.25) is 24.9 Å². The van der Waals surface area contributed by atoms with Gasteiger partial charge in [-0.2, -0.15) is 0 Å². The molecule has 2 aliphatic rings. The fourth-order valence-electron chi connectivity index (χ4n) is 3.90. The number of imide groups is 1. The number of carbonyl (C=O) groups is 4. The van der Waals surface area contributed by atoms with E-state index in [9.17, 15) is 24.4 Å². The Kier molecular flexibility index (Phi) is 6.74. The zero-order valence-electron chi connectivity index (χ0n) is 14.1. The molecule has 4 amide bonds. The van der Waals surface area contributed by atoms with Crippen molar-refractivity contribution in [2.75, 3.05) is 13.1 Å². The van der Waals surface area contributed by atoms with Gasteiger partial charge in [-0.05, 0) is 25.2 Å². The van der Waals surface area contributed by atoms with Crippen molar-refractivity contribution in [3.05, 3.63) is 0 Å². The minimum atomic E-state index is -1.45. The Hall–Kier alpha value is -2.16. The predicted octanol–water partition coefficient (Wildman–Crippen LogP) is 0.816.